The fourth-order valence-corrected chi connectivity index (χ4v) is 5.23. The van der Waals surface area contributed by atoms with Crippen molar-refractivity contribution in [2.75, 3.05) is 6.61 Å². The van der Waals surface area contributed by atoms with E-state index in [4.69, 9.17) is 19.7 Å². The van der Waals surface area contributed by atoms with Crippen LogP contribution in [0.15, 0.2) is 29.1 Å². The van der Waals surface area contributed by atoms with Crippen LogP contribution in [0.25, 0.3) is 33.2 Å². The Kier molecular flexibility index (Phi) is 4.13. The Labute approximate surface area is 173 Å². The number of aromatic nitrogens is 5. The van der Waals surface area contributed by atoms with Crippen LogP contribution in [0.4, 0.5) is 0 Å². The third kappa shape index (κ3) is 2.68. The predicted molar refractivity (Wildman–Crippen MR) is 116 cm³/mol. The molecule has 1 aromatic carbocycles. The molecule has 0 bridgehead atoms. The second-order valence-electron chi connectivity index (χ2n) is 8.60. The van der Waals surface area contributed by atoms with E-state index in [-0.39, 0.29) is 17.7 Å². The van der Waals surface area contributed by atoms with Crippen LogP contribution in [-0.4, -0.2) is 36.8 Å². The summed E-state index contributed by atoms with van der Waals surface area (Å²) in [6.07, 6.45) is 6.61. The fourth-order valence-electron chi connectivity index (χ4n) is 5.23. The lowest BCUT2D eigenvalue weighted by Gasteiger charge is -2.17. The molecule has 3 aromatic heterocycles. The highest BCUT2D eigenvalue weighted by atomic mass is 16.5. The standard InChI is InChI=1S/C23H25N5O2/c1-14-24-21-19(23(29)28(14)15-7-2-3-8-15)20-22(27(21)13-16-9-6-12-30-16)26-18-11-5-4-10-17(18)25-20/h4-5,10-11,15-16H,2-3,6-9,12-13H2,1H3. The van der Waals surface area contributed by atoms with Crippen LogP contribution in [0.1, 0.15) is 50.4 Å². The quantitative estimate of drug-likeness (QED) is 0.519. The average molecular weight is 403 g/mol. The highest BCUT2D eigenvalue weighted by Gasteiger charge is 2.27. The predicted octanol–water partition coefficient (Wildman–Crippen LogP) is 3.90. The zero-order chi connectivity index (χ0) is 20.2. The zero-order valence-corrected chi connectivity index (χ0v) is 17.2. The summed E-state index contributed by atoms with van der Waals surface area (Å²) in [6, 6.07) is 8.06. The summed E-state index contributed by atoms with van der Waals surface area (Å²) >= 11 is 0. The van der Waals surface area contributed by atoms with Gasteiger partial charge < -0.3 is 9.30 Å². The molecule has 1 saturated heterocycles. The van der Waals surface area contributed by atoms with Crippen LogP contribution in [0.3, 0.4) is 0 Å². The maximum Gasteiger partial charge on any atom is 0.265 e. The van der Waals surface area contributed by atoms with Crippen molar-refractivity contribution < 1.29 is 4.74 Å². The van der Waals surface area contributed by atoms with Gasteiger partial charge in [0.15, 0.2) is 11.3 Å². The lowest BCUT2D eigenvalue weighted by Crippen LogP contribution is -2.27. The molecule has 30 heavy (non-hydrogen) atoms. The Morgan fingerprint density at radius 3 is 2.50 bits per heavy atom. The summed E-state index contributed by atoms with van der Waals surface area (Å²) in [5.74, 6) is 0.778. The summed E-state index contributed by atoms with van der Waals surface area (Å²) < 4.78 is 9.86. The first-order chi connectivity index (χ1) is 14.7. The molecular weight excluding hydrogens is 378 g/mol. The molecule has 1 unspecified atom stereocenters. The molecule has 1 aliphatic heterocycles. The van der Waals surface area contributed by atoms with E-state index in [0.717, 1.165) is 54.8 Å². The number of ether oxygens (including phenoxy) is 1. The lowest BCUT2D eigenvalue weighted by atomic mass is 10.2. The fraction of sp³-hybridized carbons (Fsp3) is 0.478. The second-order valence-corrected chi connectivity index (χ2v) is 8.60. The molecule has 0 amide bonds. The molecule has 7 heteroatoms. The molecule has 154 valence electrons. The maximum atomic E-state index is 13.7. The van der Waals surface area contributed by atoms with E-state index in [2.05, 4.69) is 4.57 Å². The summed E-state index contributed by atoms with van der Waals surface area (Å²) in [5.41, 5.74) is 3.72. The van der Waals surface area contributed by atoms with Crippen molar-refractivity contribution in [2.24, 2.45) is 0 Å². The number of rotatable bonds is 3. The molecule has 6 rings (SSSR count). The van der Waals surface area contributed by atoms with Gasteiger partial charge in [0.25, 0.3) is 5.56 Å². The molecular formula is C23H25N5O2. The van der Waals surface area contributed by atoms with Crippen molar-refractivity contribution in [3.05, 3.63) is 40.4 Å². The average Bonchev–Trinajstić information content (AvgIpc) is 3.49. The summed E-state index contributed by atoms with van der Waals surface area (Å²) in [4.78, 5) is 28.5. The van der Waals surface area contributed by atoms with Gasteiger partial charge >= 0.3 is 0 Å². The lowest BCUT2D eigenvalue weighted by molar-refractivity contribution is 0.0986. The molecule has 0 spiro atoms. The molecule has 2 aliphatic rings. The van der Waals surface area contributed by atoms with Crippen LogP contribution in [0, 0.1) is 6.92 Å². The number of para-hydroxylation sites is 2. The van der Waals surface area contributed by atoms with E-state index in [0.29, 0.717) is 23.1 Å². The van der Waals surface area contributed by atoms with E-state index in [9.17, 15) is 4.79 Å². The molecule has 7 nitrogen and oxygen atoms in total. The monoisotopic (exact) mass is 403 g/mol. The minimum atomic E-state index is 0.0186. The Hall–Kier alpha value is -2.80. The summed E-state index contributed by atoms with van der Waals surface area (Å²) in [5, 5.41) is 0.596. The van der Waals surface area contributed by atoms with Crippen LogP contribution in [-0.2, 0) is 11.3 Å². The van der Waals surface area contributed by atoms with Gasteiger partial charge in [0, 0.05) is 12.6 Å². The van der Waals surface area contributed by atoms with Gasteiger partial charge in [0.1, 0.15) is 16.7 Å². The first-order valence-electron chi connectivity index (χ1n) is 11.0. The van der Waals surface area contributed by atoms with E-state index in [1.54, 1.807) is 0 Å². The number of nitrogens with zero attached hydrogens (tertiary/aromatic N) is 5. The Morgan fingerprint density at radius 1 is 1.00 bits per heavy atom. The van der Waals surface area contributed by atoms with Gasteiger partial charge in [-0.25, -0.2) is 15.0 Å². The van der Waals surface area contributed by atoms with Gasteiger partial charge in [-0.2, -0.15) is 0 Å². The van der Waals surface area contributed by atoms with Crippen LogP contribution < -0.4 is 5.56 Å². The molecule has 4 aromatic rings. The Balaban J connectivity index is 1.68. The summed E-state index contributed by atoms with van der Waals surface area (Å²) in [6.45, 7) is 3.38. The normalized spacial score (nSPS) is 20.2. The molecule has 1 saturated carbocycles. The minimum absolute atomic E-state index is 0.0186. The summed E-state index contributed by atoms with van der Waals surface area (Å²) in [7, 11) is 0. The molecule has 0 N–H and O–H groups in total. The highest BCUT2D eigenvalue weighted by Crippen LogP contribution is 2.32. The third-order valence-corrected chi connectivity index (χ3v) is 6.67. The Bertz CT molecular complexity index is 1330. The molecule has 1 atom stereocenters. The Morgan fingerprint density at radius 2 is 1.77 bits per heavy atom. The molecule has 4 heterocycles. The van der Waals surface area contributed by atoms with Gasteiger partial charge in [-0.1, -0.05) is 25.0 Å². The number of fused-ring (bicyclic) bond motifs is 4. The van der Waals surface area contributed by atoms with Crippen molar-refractivity contribution in [1.29, 1.82) is 0 Å². The maximum absolute atomic E-state index is 13.7. The van der Waals surface area contributed by atoms with Crippen molar-refractivity contribution in [3.63, 3.8) is 0 Å². The number of hydrogen-bond donors (Lipinski definition) is 0. The highest BCUT2D eigenvalue weighted by molar-refractivity contribution is 6.04. The first-order valence-corrected chi connectivity index (χ1v) is 11.0. The van der Waals surface area contributed by atoms with Gasteiger partial charge in [-0.15, -0.1) is 0 Å². The van der Waals surface area contributed by atoms with E-state index < -0.39 is 0 Å². The number of benzene rings is 1. The van der Waals surface area contributed by atoms with E-state index in [1.807, 2.05) is 35.8 Å². The van der Waals surface area contributed by atoms with E-state index in [1.165, 1.54) is 12.8 Å². The minimum Gasteiger partial charge on any atom is -0.376 e. The topological polar surface area (TPSA) is 74.8 Å². The van der Waals surface area contributed by atoms with Crippen molar-refractivity contribution in [1.82, 2.24) is 24.1 Å². The molecule has 2 fully saturated rings. The van der Waals surface area contributed by atoms with Crippen molar-refractivity contribution in [3.8, 4) is 0 Å². The second kappa shape index (κ2) is 6.87. The van der Waals surface area contributed by atoms with Crippen LogP contribution in [0.5, 0.6) is 0 Å². The van der Waals surface area contributed by atoms with Crippen molar-refractivity contribution >= 4 is 33.2 Å². The first kappa shape index (κ1) is 18.0. The number of aryl methyl sites for hydroxylation is 1. The van der Waals surface area contributed by atoms with Gasteiger partial charge in [-0.3, -0.25) is 9.36 Å². The zero-order valence-electron chi connectivity index (χ0n) is 17.2. The van der Waals surface area contributed by atoms with Gasteiger partial charge in [0.2, 0.25) is 0 Å². The van der Waals surface area contributed by atoms with Crippen LogP contribution in [0.2, 0.25) is 0 Å². The van der Waals surface area contributed by atoms with Crippen molar-refractivity contribution in [2.45, 2.75) is 64.1 Å². The van der Waals surface area contributed by atoms with Gasteiger partial charge in [-0.05, 0) is 44.7 Å². The molecule has 0 radical (unpaired) electrons. The van der Waals surface area contributed by atoms with E-state index >= 15 is 0 Å². The van der Waals surface area contributed by atoms with Gasteiger partial charge in [0.05, 0.1) is 23.7 Å². The smallest absolute Gasteiger partial charge is 0.265 e. The largest absolute Gasteiger partial charge is 0.376 e. The SMILES string of the molecule is Cc1nc2c(c(=O)n1C1CCCC1)c1nc3ccccc3nc1n2CC1CCCO1. The number of hydrogen-bond acceptors (Lipinski definition) is 5. The third-order valence-electron chi connectivity index (χ3n) is 6.67. The molecule has 1 aliphatic carbocycles. The van der Waals surface area contributed by atoms with Crippen LogP contribution >= 0.6 is 0 Å².